The minimum Gasteiger partial charge on any atom is -0.484 e. The van der Waals surface area contributed by atoms with Crippen LogP contribution in [0, 0.1) is 17.6 Å². The average molecular weight is 288 g/mol. The van der Waals surface area contributed by atoms with Crippen LogP contribution in [-0.2, 0) is 0 Å². The summed E-state index contributed by atoms with van der Waals surface area (Å²) < 4.78 is 32.9. The normalized spacial score (nSPS) is 24.5. The zero-order valence-corrected chi connectivity index (χ0v) is 11.3. The van der Waals surface area contributed by atoms with Crippen LogP contribution in [0.15, 0.2) is 12.1 Å². The van der Waals surface area contributed by atoms with E-state index in [1.54, 1.807) is 0 Å². The zero-order valence-electron chi connectivity index (χ0n) is 10.5. The van der Waals surface area contributed by atoms with Crippen molar-refractivity contribution in [1.29, 1.82) is 0 Å². The molecule has 2 aliphatic rings. The maximum absolute atomic E-state index is 13.7. The molecule has 0 amide bonds. The van der Waals surface area contributed by atoms with Crippen LogP contribution in [0.2, 0.25) is 5.02 Å². The van der Waals surface area contributed by atoms with E-state index in [9.17, 15) is 8.78 Å². The summed E-state index contributed by atoms with van der Waals surface area (Å²) in [7, 11) is 0. The van der Waals surface area contributed by atoms with Gasteiger partial charge in [0.15, 0.2) is 11.6 Å². The lowest BCUT2D eigenvalue weighted by Gasteiger charge is -2.21. The first-order valence-corrected chi connectivity index (χ1v) is 7.01. The molecule has 1 aliphatic heterocycles. The number of halogens is 3. The molecule has 1 N–H and O–H groups in total. The maximum atomic E-state index is 13.7. The van der Waals surface area contributed by atoms with Gasteiger partial charge in [0, 0.05) is 0 Å². The van der Waals surface area contributed by atoms with Crippen molar-refractivity contribution in [2.45, 2.75) is 31.3 Å². The maximum Gasteiger partial charge on any atom is 0.202 e. The minimum atomic E-state index is -1.03. The van der Waals surface area contributed by atoms with Gasteiger partial charge in [-0.1, -0.05) is 11.6 Å². The Kier molecular flexibility index (Phi) is 3.39. The first kappa shape index (κ1) is 13.1. The molecule has 1 atom stereocenters. The van der Waals surface area contributed by atoms with Gasteiger partial charge in [0.05, 0.1) is 5.02 Å². The lowest BCUT2D eigenvalue weighted by atomic mass is 9.99. The molecule has 0 bridgehead atoms. The van der Waals surface area contributed by atoms with Gasteiger partial charge < -0.3 is 10.1 Å². The fourth-order valence-electron chi connectivity index (χ4n) is 2.72. The summed E-state index contributed by atoms with van der Waals surface area (Å²) >= 11 is 5.53. The van der Waals surface area contributed by atoms with Crippen molar-refractivity contribution < 1.29 is 13.5 Å². The van der Waals surface area contributed by atoms with Crippen LogP contribution in [0.25, 0.3) is 0 Å². The van der Waals surface area contributed by atoms with Gasteiger partial charge in [-0.05, 0) is 56.8 Å². The van der Waals surface area contributed by atoms with E-state index in [0.717, 1.165) is 38.8 Å². The van der Waals surface area contributed by atoms with Crippen LogP contribution in [0.3, 0.4) is 0 Å². The van der Waals surface area contributed by atoms with Crippen molar-refractivity contribution in [3.63, 3.8) is 0 Å². The molecule has 2 fully saturated rings. The molecule has 104 valence electrons. The molecule has 1 saturated carbocycles. The van der Waals surface area contributed by atoms with Crippen LogP contribution in [0.4, 0.5) is 8.78 Å². The highest BCUT2D eigenvalue weighted by Gasteiger charge is 2.47. The fraction of sp³-hybridized carbons (Fsp3) is 0.571. The number of rotatable bonds is 4. The number of hydrogen-bond donors (Lipinski definition) is 1. The predicted molar refractivity (Wildman–Crippen MR) is 69.6 cm³/mol. The van der Waals surface area contributed by atoms with E-state index >= 15 is 0 Å². The molecule has 3 rings (SSSR count). The van der Waals surface area contributed by atoms with Crippen LogP contribution in [0.5, 0.6) is 5.75 Å². The molecule has 1 unspecified atom stereocenters. The molecule has 0 aromatic heterocycles. The lowest BCUT2D eigenvalue weighted by molar-refractivity contribution is 0.140. The first-order chi connectivity index (χ1) is 9.10. The third-order valence-electron chi connectivity index (χ3n) is 3.96. The molecule has 0 radical (unpaired) electrons. The minimum absolute atomic E-state index is 0.0228. The van der Waals surface area contributed by atoms with Crippen LogP contribution in [-0.4, -0.2) is 18.7 Å². The standard InChI is InChI=1S/C14H16ClF2NO/c15-10-1-2-11(13(17)12(10)16)19-14(4-5-14)7-9-3-6-18-8-9/h1-2,9,18H,3-8H2. The van der Waals surface area contributed by atoms with Crippen LogP contribution >= 0.6 is 11.6 Å². The van der Waals surface area contributed by atoms with Crippen molar-refractivity contribution >= 4 is 11.6 Å². The summed E-state index contributed by atoms with van der Waals surface area (Å²) in [5.74, 6) is -1.46. The third kappa shape index (κ3) is 2.70. The Morgan fingerprint density at radius 3 is 2.74 bits per heavy atom. The number of hydrogen-bond acceptors (Lipinski definition) is 2. The van der Waals surface area contributed by atoms with Crippen molar-refractivity contribution in [2.75, 3.05) is 13.1 Å². The second kappa shape index (κ2) is 4.91. The summed E-state index contributed by atoms with van der Waals surface area (Å²) in [5.41, 5.74) is -0.294. The lowest BCUT2D eigenvalue weighted by Crippen LogP contribution is -2.24. The summed E-state index contributed by atoms with van der Waals surface area (Å²) in [5, 5.41) is 3.09. The quantitative estimate of drug-likeness (QED) is 0.856. The second-order valence-electron chi connectivity index (χ2n) is 5.52. The number of benzene rings is 1. The van der Waals surface area contributed by atoms with Gasteiger partial charge in [-0.25, -0.2) is 4.39 Å². The molecular formula is C14H16ClF2NO. The van der Waals surface area contributed by atoms with Gasteiger partial charge in [-0.2, -0.15) is 4.39 Å². The van der Waals surface area contributed by atoms with E-state index in [1.165, 1.54) is 12.1 Å². The van der Waals surface area contributed by atoms with Crippen molar-refractivity contribution in [1.82, 2.24) is 5.32 Å². The van der Waals surface area contributed by atoms with Crippen molar-refractivity contribution in [2.24, 2.45) is 5.92 Å². The predicted octanol–water partition coefficient (Wildman–Crippen LogP) is 3.53. The van der Waals surface area contributed by atoms with Gasteiger partial charge in [0.25, 0.3) is 0 Å². The van der Waals surface area contributed by atoms with E-state index in [2.05, 4.69) is 5.32 Å². The van der Waals surface area contributed by atoms with Crippen molar-refractivity contribution in [3.05, 3.63) is 28.8 Å². The van der Waals surface area contributed by atoms with Gasteiger partial charge in [-0.15, -0.1) is 0 Å². The average Bonchev–Trinajstić information content (AvgIpc) is 2.94. The number of ether oxygens (including phenoxy) is 1. The molecule has 1 aliphatic carbocycles. The van der Waals surface area contributed by atoms with E-state index < -0.39 is 11.6 Å². The van der Waals surface area contributed by atoms with Crippen molar-refractivity contribution in [3.8, 4) is 5.75 Å². The molecule has 1 aromatic rings. The first-order valence-electron chi connectivity index (χ1n) is 6.63. The Hall–Kier alpha value is -0.870. The summed E-state index contributed by atoms with van der Waals surface area (Å²) in [6.07, 6.45) is 3.85. The topological polar surface area (TPSA) is 21.3 Å². The molecule has 1 heterocycles. The zero-order chi connectivity index (χ0) is 13.5. The van der Waals surface area contributed by atoms with E-state index in [1.807, 2.05) is 0 Å². The second-order valence-corrected chi connectivity index (χ2v) is 5.93. The molecule has 0 spiro atoms. The number of nitrogens with one attached hydrogen (secondary N) is 1. The Morgan fingerprint density at radius 1 is 1.32 bits per heavy atom. The highest BCUT2D eigenvalue weighted by molar-refractivity contribution is 6.30. The molecule has 1 aromatic carbocycles. The largest absolute Gasteiger partial charge is 0.484 e. The van der Waals surface area contributed by atoms with Crippen LogP contribution < -0.4 is 10.1 Å². The molecule has 5 heteroatoms. The Balaban J connectivity index is 1.72. The summed E-state index contributed by atoms with van der Waals surface area (Å²) in [6.45, 7) is 2.02. The highest BCUT2D eigenvalue weighted by atomic mass is 35.5. The van der Waals surface area contributed by atoms with Gasteiger partial charge in [0.2, 0.25) is 5.82 Å². The Labute approximate surface area is 116 Å². The smallest absolute Gasteiger partial charge is 0.202 e. The van der Waals surface area contributed by atoms with E-state index in [0.29, 0.717) is 5.92 Å². The summed E-state index contributed by atoms with van der Waals surface area (Å²) in [4.78, 5) is 0. The Morgan fingerprint density at radius 2 is 2.11 bits per heavy atom. The summed E-state index contributed by atoms with van der Waals surface area (Å²) in [6, 6.07) is 2.75. The third-order valence-corrected chi connectivity index (χ3v) is 4.25. The molecule has 1 saturated heterocycles. The van der Waals surface area contributed by atoms with Crippen LogP contribution in [0.1, 0.15) is 25.7 Å². The SMILES string of the molecule is Fc1c(Cl)ccc(OC2(CC3CCNC3)CC2)c1F. The van der Waals surface area contributed by atoms with E-state index in [4.69, 9.17) is 16.3 Å². The molecule has 19 heavy (non-hydrogen) atoms. The fourth-order valence-corrected chi connectivity index (χ4v) is 2.87. The highest BCUT2D eigenvalue weighted by Crippen LogP contribution is 2.46. The van der Waals surface area contributed by atoms with Gasteiger partial charge >= 0.3 is 0 Å². The monoisotopic (exact) mass is 287 g/mol. The Bertz CT molecular complexity index is 485. The van der Waals surface area contributed by atoms with Gasteiger partial charge in [-0.3, -0.25) is 0 Å². The molecular weight excluding hydrogens is 272 g/mol. The van der Waals surface area contributed by atoms with E-state index in [-0.39, 0.29) is 16.4 Å². The van der Waals surface area contributed by atoms with Gasteiger partial charge in [0.1, 0.15) is 5.60 Å². The molecule has 2 nitrogen and oxygen atoms in total.